The van der Waals surface area contributed by atoms with Crippen LogP contribution in [-0.4, -0.2) is 31.9 Å². The molecular formula is C17H29N3O2S. The average Bonchev–Trinajstić information content (AvgIpc) is 2.53. The summed E-state index contributed by atoms with van der Waals surface area (Å²) in [5.41, 5.74) is 1.97. The van der Waals surface area contributed by atoms with Crippen LogP contribution in [0.25, 0.3) is 0 Å². The van der Waals surface area contributed by atoms with Crippen LogP contribution in [0.5, 0.6) is 0 Å². The van der Waals surface area contributed by atoms with Crippen molar-refractivity contribution in [1.29, 1.82) is 0 Å². The van der Waals surface area contributed by atoms with Crippen molar-refractivity contribution in [2.75, 3.05) is 12.4 Å². The first-order chi connectivity index (χ1) is 10.9. The van der Waals surface area contributed by atoms with Gasteiger partial charge in [0.15, 0.2) is 0 Å². The summed E-state index contributed by atoms with van der Waals surface area (Å²) in [6.45, 7) is 4.47. The summed E-state index contributed by atoms with van der Waals surface area (Å²) in [4.78, 5) is 0. The summed E-state index contributed by atoms with van der Waals surface area (Å²) in [6.07, 6.45) is 5.38. The van der Waals surface area contributed by atoms with E-state index < -0.39 is 10.2 Å². The predicted molar refractivity (Wildman–Crippen MR) is 95.6 cm³/mol. The van der Waals surface area contributed by atoms with Crippen LogP contribution in [0, 0.1) is 0 Å². The first-order valence-electron chi connectivity index (χ1n) is 8.46. The van der Waals surface area contributed by atoms with E-state index in [2.05, 4.69) is 23.9 Å². The van der Waals surface area contributed by atoms with E-state index in [-0.39, 0.29) is 6.04 Å². The number of hydrogen-bond donors (Lipinski definition) is 2. The third-order valence-corrected chi connectivity index (χ3v) is 5.87. The van der Waals surface area contributed by atoms with Crippen molar-refractivity contribution in [3.63, 3.8) is 0 Å². The average molecular weight is 340 g/mol. The molecule has 23 heavy (non-hydrogen) atoms. The molecule has 130 valence electrons. The highest BCUT2D eigenvalue weighted by Crippen LogP contribution is 2.23. The summed E-state index contributed by atoms with van der Waals surface area (Å²) in [5.74, 6) is 0. The quantitative estimate of drug-likeness (QED) is 0.802. The van der Waals surface area contributed by atoms with E-state index in [4.69, 9.17) is 0 Å². The number of rotatable bonds is 7. The van der Waals surface area contributed by atoms with E-state index in [0.717, 1.165) is 36.9 Å². The van der Waals surface area contributed by atoms with Crippen LogP contribution in [0.3, 0.4) is 0 Å². The Morgan fingerprint density at radius 3 is 2.57 bits per heavy atom. The highest BCUT2D eigenvalue weighted by molar-refractivity contribution is 7.87. The van der Waals surface area contributed by atoms with Crippen molar-refractivity contribution in [3.05, 3.63) is 29.8 Å². The van der Waals surface area contributed by atoms with E-state index in [1.165, 1.54) is 10.7 Å². The Bertz CT molecular complexity index is 596. The Morgan fingerprint density at radius 2 is 1.91 bits per heavy atom. The van der Waals surface area contributed by atoms with Gasteiger partial charge >= 0.3 is 0 Å². The molecule has 2 rings (SSSR count). The molecule has 0 atom stereocenters. The van der Waals surface area contributed by atoms with Gasteiger partial charge in [-0.2, -0.15) is 17.4 Å². The zero-order chi connectivity index (χ0) is 16.9. The summed E-state index contributed by atoms with van der Waals surface area (Å²) in [7, 11) is -1.74. The lowest BCUT2D eigenvalue weighted by Gasteiger charge is -2.30. The molecule has 1 saturated carbocycles. The van der Waals surface area contributed by atoms with Gasteiger partial charge in [-0.15, -0.1) is 0 Å². The van der Waals surface area contributed by atoms with Crippen molar-refractivity contribution in [2.24, 2.45) is 0 Å². The van der Waals surface area contributed by atoms with Gasteiger partial charge in [-0.1, -0.05) is 31.4 Å². The van der Waals surface area contributed by atoms with Gasteiger partial charge in [0.05, 0.1) is 0 Å². The molecule has 1 aliphatic carbocycles. The van der Waals surface area contributed by atoms with Gasteiger partial charge < -0.3 is 5.32 Å². The first kappa shape index (κ1) is 18.2. The molecule has 0 unspecified atom stereocenters. The van der Waals surface area contributed by atoms with Crippen molar-refractivity contribution in [3.8, 4) is 0 Å². The second-order valence-electron chi connectivity index (χ2n) is 6.63. The highest BCUT2D eigenvalue weighted by Gasteiger charge is 2.27. The fourth-order valence-corrected chi connectivity index (χ4v) is 4.18. The van der Waals surface area contributed by atoms with Crippen molar-refractivity contribution < 1.29 is 8.42 Å². The minimum absolute atomic E-state index is 0.134. The standard InChI is InChI=1S/C17H29N3O2S/c1-14(2)19-16-9-7-8-15(12-16)13-18-23(21,22)20(3)17-10-5-4-6-11-17/h7-9,12,14,17-19H,4-6,10-11,13H2,1-3H3. The minimum atomic E-state index is -3.43. The lowest BCUT2D eigenvalue weighted by Crippen LogP contribution is -2.44. The Balaban J connectivity index is 1.95. The molecule has 5 nitrogen and oxygen atoms in total. The smallest absolute Gasteiger partial charge is 0.279 e. The van der Waals surface area contributed by atoms with Crippen LogP contribution in [-0.2, 0) is 16.8 Å². The van der Waals surface area contributed by atoms with Crippen LogP contribution < -0.4 is 10.0 Å². The molecule has 0 spiro atoms. The molecule has 0 amide bonds. The van der Waals surface area contributed by atoms with Gasteiger partial charge in [0.2, 0.25) is 0 Å². The molecular weight excluding hydrogens is 310 g/mol. The third kappa shape index (κ3) is 5.48. The van der Waals surface area contributed by atoms with Crippen molar-refractivity contribution >= 4 is 15.9 Å². The van der Waals surface area contributed by atoms with Gasteiger partial charge in [-0.3, -0.25) is 0 Å². The van der Waals surface area contributed by atoms with E-state index in [1.54, 1.807) is 7.05 Å². The molecule has 0 heterocycles. The molecule has 1 fully saturated rings. The normalized spacial score (nSPS) is 16.9. The van der Waals surface area contributed by atoms with Gasteiger partial charge in [-0.25, -0.2) is 0 Å². The maximum absolute atomic E-state index is 12.5. The van der Waals surface area contributed by atoms with E-state index in [0.29, 0.717) is 12.6 Å². The van der Waals surface area contributed by atoms with Crippen LogP contribution in [0.2, 0.25) is 0 Å². The SMILES string of the molecule is CC(C)Nc1cccc(CNS(=O)(=O)N(C)C2CCCCC2)c1. The zero-order valence-corrected chi connectivity index (χ0v) is 15.2. The molecule has 0 bridgehead atoms. The topological polar surface area (TPSA) is 61.4 Å². The van der Waals surface area contributed by atoms with Crippen LogP contribution in [0.1, 0.15) is 51.5 Å². The number of anilines is 1. The molecule has 1 aliphatic rings. The molecule has 1 aromatic carbocycles. The summed E-state index contributed by atoms with van der Waals surface area (Å²) < 4.78 is 29.2. The van der Waals surface area contributed by atoms with Crippen molar-refractivity contribution in [1.82, 2.24) is 9.03 Å². The lowest BCUT2D eigenvalue weighted by molar-refractivity contribution is 0.283. The van der Waals surface area contributed by atoms with E-state index in [9.17, 15) is 8.42 Å². The van der Waals surface area contributed by atoms with Crippen LogP contribution in [0.4, 0.5) is 5.69 Å². The van der Waals surface area contributed by atoms with E-state index >= 15 is 0 Å². The molecule has 6 heteroatoms. The predicted octanol–water partition coefficient (Wildman–Crippen LogP) is 3.11. The van der Waals surface area contributed by atoms with Gasteiger partial charge in [0.1, 0.15) is 0 Å². The Kier molecular flexibility index (Phi) is 6.44. The van der Waals surface area contributed by atoms with Gasteiger partial charge in [0.25, 0.3) is 10.2 Å². The molecule has 0 radical (unpaired) electrons. The molecule has 2 N–H and O–H groups in total. The number of benzene rings is 1. The Morgan fingerprint density at radius 1 is 1.22 bits per heavy atom. The van der Waals surface area contributed by atoms with Crippen LogP contribution >= 0.6 is 0 Å². The monoisotopic (exact) mass is 339 g/mol. The maximum atomic E-state index is 12.5. The molecule has 0 saturated heterocycles. The van der Waals surface area contributed by atoms with Crippen molar-refractivity contribution in [2.45, 2.75) is 64.6 Å². The van der Waals surface area contributed by atoms with Gasteiger partial charge in [-0.05, 0) is 44.4 Å². The number of nitrogens with zero attached hydrogens (tertiary/aromatic N) is 1. The van der Waals surface area contributed by atoms with Gasteiger partial charge in [0, 0.05) is 31.4 Å². The van der Waals surface area contributed by atoms with E-state index in [1.807, 2.05) is 24.3 Å². The summed E-state index contributed by atoms with van der Waals surface area (Å²) >= 11 is 0. The molecule has 1 aromatic rings. The second kappa shape index (κ2) is 8.13. The fraction of sp³-hybridized carbons (Fsp3) is 0.647. The number of nitrogens with one attached hydrogen (secondary N) is 2. The third-order valence-electron chi connectivity index (χ3n) is 4.31. The summed E-state index contributed by atoms with van der Waals surface area (Å²) in [6, 6.07) is 8.35. The first-order valence-corrected chi connectivity index (χ1v) is 9.90. The maximum Gasteiger partial charge on any atom is 0.279 e. The fourth-order valence-electron chi connectivity index (χ4n) is 3.02. The largest absolute Gasteiger partial charge is 0.383 e. The highest BCUT2D eigenvalue weighted by atomic mass is 32.2. The second-order valence-corrected chi connectivity index (χ2v) is 8.45. The Hall–Kier alpha value is -1.11. The molecule has 0 aromatic heterocycles. The lowest BCUT2D eigenvalue weighted by atomic mass is 9.96. The van der Waals surface area contributed by atoms with Crippen LogP contribution in [0.15, 0.2) is 24.3 Å². The molecule has 0 aliphatic heterocycles. The number of hydrogen-bond acceptors (Lipinski definition) is 3. The Labute approximate surface area is 140 Å². The summed E-state index contributed by atoms with van der Waals surface area (Å²) in [5, 5.41) is 3.33. The zero-order valence-electron chi connectivity index (χ0n) is 14.4. The minimum Gasteiger partial charge on any atom is -0.383 e.